The molecule has 1 aromatic rings. The zero-order chi connectivity index (χ0) is 17.4. The molecule has 0 amide bonds. The van der Waals surface area contributed by atoms with E-state index in [1.165, 1.54) is 32.1 Å². The summed E-state index contributed by atoms with van der Waals surface area (Å²) in [6, 6.07) is 7.91. The highest BCUT2D eigenvalue weighted by atomic mass is 32.2. The Bertz CT molecular complexity index is 619. The fourth-order valence-electron chi connectivity index (χ4n) is 2.69. The van der Waals surface area contributed by atoms with E-state index >= 15 is 0 Å². The summed E-state index contributed by atoms with van der Waals surface area (Å²) < 4.78 is 5.30. The number of hydrogen-bond donors (Lipinski definition) is 0. The van der Waals surface area contributed by atoms with Gasteiger partial charge >= 0.3 is 0 Å². The van der Waals surface area contributed by atoms with E-state index in [2.05, 4.69) is 31.1 Å². The van der Waals surface area contributed by atoms with Gasteiger partial charge in [0.2, 0.25) is 0 Å². The molecule has 0 unspecified atom stereocenters. The Labute approximate surface area is 152 Å². The Balaban J connectivity index is 2.14. The minimum Gasteiger partial charge on any atom is -0.497 e. The molecule has 1 fully saturated rings. The van der Waals surface area contributed by atoms with Gasteiger partial charge < -0.3 is 4.74 Å². The van der Waals surface area contributed by atoms with Gasteiger partial charge in [-0.3, -0.25) is 0 Å². The zero-order valence-corrected chi connectivity index (χ0v) is 17.2. The van der Waals surface area contributed by atoms with Crippen LogP contribution in [0.25, 0.3) is 0 Å². The lowest BCUT2D eigenvalue weighted by atomic mass is 9.91. The van der Waals surface area contributed by atoms with E-state index in [0.717, 1.165) is 28.2 Å². The predicted octanol–water partition coefficient (Wildman–Crippen LogP) is 5.92. The van der Waals surface area contributed by atoms with E-state index in [0.29, 0.717) is 0 Å². The van der Waals surface area contributed by atoms with Crippen molar-refractivity contribution in [3.63, 3.8) is 0 Å². The van der Waals surface area contributed by atoms with Crippen molar-refractivity contribution in [2.45, 2.75) is 51.7 Å². The Hall–Kier alpha value is -1.18. The van der Waals surface area contributed by atoms with E-state index in [9.17, 15) is 0 Å². The van der Waals surface area contributed by atoms with Crippen LogP contribution in [0.5, 0.6) is 5.75 Å². The number of hydrogen-bond acceptors (Lipinski definition) is 3. The minimum absolute atomic E-state index is 0.827. The van der Waals surface area contributed by atoms with Crippen molar-refractivity contribution in [3.8, 4) is 17.2 Å². The summed E-state index contributed by atoms with van der Waals surface area (Å²) in [5.74, 6) is 6.18. The topological polar surface area (TPSA) is 21.6 Å². The molecule has 4 heteroatoms. The van der Waals surface area contributed by atoms with Crippen molar-refractivity contribution in [2.24, 2.45) is 10.9 Å². The van der Waals surface area contributed by atoms with Gasteiger partial charge in [0.1, 0.15) is 18.9 Å². The summed E-state index contributed by atoms with van der Waals surface area (Å²) in [7, 11) is 0.284. The van der Waals surface area contributed by atoms with Gasteiger partial charge in [0, 0.05) is 11.8 Å². The van der Waals surface area contributed by atoms with E-state index < -0.39 is 8.07 Å². The largest absolute Gasteiger partial charge is 0.497 e. The third-order valence-electron chi connectivity index (χ3n) is 4.01. The van der Waals surface area contributed by atoms with Crippen molar-refractivity contribution in [1.82, 2.24) is 0 Å². The fourth-order valence-corrected chi connectivity index (χ4v) is 4.29. The van der Waals surface area contributed by atoms with E-state index in [1.54, 1.807) is 7.11 Å². The van der Waals surface area contributed by atoms with Gasteiger partial charge in [0.05, 0.1) is 12.8 Å². The maximum atomic E-state index is 5.30. The molecule has 1 aliphatic rings. The molecule has 0 bridgehead atoms. The summed E-state index contributed by atoms with van der Waals surface area (Å²) in [6.07, 6.45) is 6.89. The molecule has 0 atom stereocenters. The lowest BCUT2D eigenvalue weighted by Gasteiger charge is -2.20. The summed E-state index contributed by atoms with van der Waals surface area (Å²) in [5, 5.41) is 0.955. The maximum absolute atomic E-state index is 5.30. The van der Waals surface area contributed by atoms with Gasteiger partial charge in [0.15, 0.2) is 0 Å². The molecule has 0 spiro atoms. The zero-order valence-electron chi connectivity index (χ0n) is 15.4. The highest BCUT2D eigenvalue weighted by molar-refractivity contribution is 8.14. The standard InChI is InChI=1S/C20H29NOSSi/c1-22-19-12-8-11-18(15-19)21-20(13-14-24(2,3)4)23-16-17-9-6-5-7-10-17/h8,11-12,15,17H,5-7,9-10,16H2,1-4H3. The molecule has 1 saturated carbocycles. The van der Waals surface area contributed by atoms with Gasteiger partial charge in [-0.2, -0.15) is 0 Å². The van der Waals surface area contributed by atoms with Crippen LogP contribution in [0.15, 0.2) is 29.3 Å². The number of rotatable bonds is 4. The monoisotopic (exact) mass is 359 g/mol. The van der Waals surface area contributed by atoms with Crippen molar-refractivity contribution in [1.29, 1.82) is 0 Å². The SMILES string of the molecule is COc1cccc(N=C(C#C[Si](C)(C)C)SCC2CCCCC2)c1. The Kier molecular flexibility index (Phi) is 7.45. The number of ether oxygens (including phenoxy) is 1. The van der Waals surface area contributed by atoms with Gasteiger partial charge in [-0.05, 0) is 36.8 Å². The van der Waals surface area contributed by atoms with Crippen LogP contribution in [0.4, 0.5) is 5.69 Å². The summed E-state index contributed by atoms with van der Waals surface area (Å²) in [6.45, 7) is 6.82. The minimum atomic E-state index is -1.40. The molecule has 2 rings (SSSR count). The van der Waals surface area contributed by atoms with Gasteiger partial charge in [-0.1, -0.05) is 56.7 Å². The molecule has 0 aromatic heterocycles. The first kappa shape index (κ1) is 19.1. The van der Waals surface area contributed by atoms with E-state index in [1.807, 2.05) is 36.0 Å². The molecule has 1 aliphatic carbocycles. The van der Waals surface area contributed by atoms with Crippen molar-refractivity contribution in [3.05, 3.63) is 24.3 Å². The van der Waals surface area contributed by atoms with Crippen LogP contribution in [-0.4, -0.2) is 26.0 Å². The Morgan fingerprint density at radius 2 is 2.00 bits per heavy atom. The molecule has 0 aliphatic heterocycles. The fraction of sp³-hybridized carbons (Fsp3) is 0.550. The smallest absolute Gasteiger partial charge is 0.146 e. The lowest BCUT2D eigenvalue weighted by Crippen LogP contribution is -2.17. The molecular weight excluding hydrogens is 330 g/mol. The molecule has 0 saturated heterocycles. The highest BCUT2D eigenvalue weighted by Gasteiger charge is 2.15. The van der Waals surface area contributed by atoms with Gasteiger partial charge in [0.25, 0.3) is 0 Å². The molecule has 1 aromatic carbocycles. The van der Waals surface area contributed by atoms with Crippen LogP contribution in [0.2, 0.25) is 19.6 Å². The van der Waals surface area contributed by atoms with Crippen LogP contribution >= 0.6 is 11.8 Å². The third kappa shape index (κ3) is 7.15. The number of methoxy groups -OCH3 is 1. The van der Waals surface area contributed by atoms with Crippen LogP contribution in [0.1, 0.15) is 32.1 Å². The number of nitrogens with zero attached hydrogens (tertiary/aromatic N) is 1. The molecule has 0 N–H and O–H groups in total. The molecule has 24 heavy (non-hydrogen) atoms. The molecule has 0 radical (unpaired) electrons. The normalized spacial score (nSPS) is 16.4. The Morgan fingerprint density at radius 1 is 1.25 bits per heavy atom. The maximum Gasteiger partial charge on any atom is 0.146 e. The van der Waals surface area contributed by atoms with Crippen LogP contribution in [-0.2, 0) is 0 Å². The van der Waals surface area contributed by atoms with Crippen molar-refractivity contribution in [2.75, 3.05) is 12.9 Å². The van der Waals surface area contributed by atoms with Gasteiger partial charge in [-0.25, -0.2) is 4.99 Å². The summed E-state index contributed by atoms with van der Waals surface area (Å²) in [5.41, 5.74) is 4.39. The van der Waals surface area contributed by atoms with Crippen molar-refractivity contribution < 1.29 is 4.74 Å². The Morgan fingerprint density at radius 3 is 2.67 bits per heavy atom. The molecule has 2 nitrogen and oxygen atoms in total. The van der Waals surface area contributed by atoms with Crippen LogP contribution in [0, 0.1) is 17.4 Å². The first-order valence-corrected chi connectivity index (χ1v) is 13.3. The predicted molar refractivity (Wildman–Crippen MR) is 110 cm³/mol. The first-order valence-electron chi connectivity index (χ1n) is 8.85. The van der Waals surface area contributed by atoms with Crippen molar-refractivity contribution >= 4 is 30.6 Å². The van der Waals surface area contributed by atoms with Gasteiger partial charge in [-0.15, -0.1) is 5.54 Å². The second kappa shape index (κ2) is 9.34. The second-order valence-electron chi connectivity index (χ2n) is 7.43. The highest BCUT2D eigenvalue weighted by Crippen LogP contribution is 2.28. The molecule has 130 valence electrons. The second-order valence-corrected chi connectivity index (χ2v) is 13.2. The molecule has 0 heterocycles. The number of benzene rings is 1. The first-order chi connectivity index (χ1) is 11.5. The average Bonchev–Trinajstić information content (AvgIpc) is 2.57. The third-order valence-corrected chi connectivity index (χ3v) is 5.99. The summed E-state index contributed by atoms with van der Waals surface area (Å²) >= 11 is 1.83. The van der Waals surface area contributed by atoms with Crippen LogP contribution in [0.3, 0.4) is 0 Å². The summed E-state index contributed by atoms with van der Waals surface area (Å²) in [4.78, 5) is 4.80. The van der Waals surface area contributed by atoms with E-state index in [4.69, 9.17) is 9.73 Å². The van der Waals surface area contributed by atoms with Crippen LogP contribution < -0.4 is 4.74 Å². The molecular formula is C20H29NOSSi. The lowest BCUT2D eigenvalue weighted by molar-refractivity contribution is 0.391. The average molecular weight is 360 g/mol. The quantitative estimate of drug-likeness (QED) is 0.288. The van der Waals surface area contributed by atoms with E-state index in [-0.39, 0.29) is 0 Å². The number of thioether (sulfide) groups is 1. The number of aliphatic imine (C=N–C) groups is 1.